The van der Waals surface area contributed by atoms with E-state index in [1.165, 1.54) is 16.4 Å². The summed E-state index contributed by atoms with van der Waals surface area (Å²) in [5.74, 6) is -0.280. The number of carbonyl (C=O) groups is 1. The highest BCUT2D eigenvalue weighted by molar-refractivity contribution is 7.92. The van der Waals surface area contributed by atoms with Crippen LogP contribution in [0.2, 0.25) is 10.0 Å². The molecule has 3 aromatic carbocycles. The Morgan fingerprint density at radius 3 is 2.42 bits per heavy atom. The predicted octanol–water partition coefficient (Wildman–Crippen LogP) is 7.01. The van der Waals surface area contributed by atoms with Crippen molar-refractivity contribution in [1.29, 1.82) is 0 Å². The van der Waals surface area contributed by atoms with Gasteiger partial charge in [0.2, 0.25) is 0 Å². The third kappa shape index (κ3) is 5.34. The Morgan fingerprint density at radius 2 is 1.74 bits per heavy atom. The summed E-state index contributed by atoms with van der Waals surface area (Å²) in [4.78, 5) is 15.5. The molecule has 1 atom stereocenters. The Balaban J connectivity index is 1.44. The van der Waals surface area contributed by atoms with Crippen LogP contribution in [0.15, 0.2) is 90.1 Å². The molecule has 0 bridgehead atoms. The summed E-state index contributed by atoms with van der Waals surface area (Å²) in [7, 11) is -3.92. The molecule has 5 rings (SSSR count). The molecule has 0 saturated carbocycles. The number of fused-ring (bicyclic) bond motifs is 1. The molecular formula is C28H22Cl2N2O5S. The Kier molecular flexibility index (Phi) is 7.29. The minimum absolute atomic E-state index is 0.0597. The topological polar surface area (TPSA) is 96.8 Å². The van der Waals surface area contributed by atoms with Gasteiger partial charge in [0.1, 0.15) is 11.5 Å². The Morgan fingerprint density at radius 1 is 0.974 bits per heavy atom. The molecule has 194 valence electrons. The zero-order chi connectivity index (χ0) is 26.9. The summed E-state index contributed by atoms with van der Waals surface area (Å²) < 4.78 is 34.6. The van der Waals surface area contributed by atoms with Crippen LogP contribution in [0.25, 0.3) is 11.1 Å². The van der Waals surface area contributed by atoms with E-state index in [1.807, 2.05) is 24.3 Å². The first-order chi connectivity index (χ1) is 18.2. The molecule has 0 saturated heterocycles. The molecule has 7 nitrogen and oxygen atoms in total. The number of rotatable bonds is 8. The van der Waals surface area contributed by atoms with Crippen LogP contribution >= 0.6 is 23.2 Å². The summed E-state index contributed by atoms with van der Waals surface area (Å²) in [6.07, 6.45) is 3.68. The standard InChI is InChI=1S/C28H22Cl2N2O5S/c29-25-10-7-22(15-26(25)30)37-21-5-8-23(9-6-21)38(35,36)32-17-20(4-12-28(33)34)24-14-18(3-11-27(24)32)19-2-1-13-31-16-19/h1-3,5-11,13-16,20H,4,12,17H2,(H,33,34). The van der Waals surface area contributed by atoms with Crippen molar-refractivity contribution in [2.75, 3.05) is 10.8 Å². The van der Waals surface area contributed by atoms with E-state index in [0.29, 0.717) is 33.7 Å². The molecule has 1 aliphatic rings. The van der Waals surface area contributed by atoms with E-state index in [-0.39, 0.29) is 23.8 Å². The highest BCUT2D eigenvalue weighted by atomic mass is 35.5. The van der Waals surface area contributed by atoms with Crippen molar-refractivity contribution in [2.45, 2.75) is 23.7 Å². The predicted molar refractivity (Wildman–Crippen MR) is 147 cm³/mol. The van der Waals surface area contributed by atoms with Gasteiger partial charge >= 0.3 is 5.97 Å². The number of nitrogens with zero attached hydrogens (tertiary/aromatic N) is 2. The number of aromatic nitrogens is 1. The van der Waals surface area contributed by atoms with E-state index < -0.39 is 16.0 Å². The van der Waals surface area contributed by atoms with Gasteiger partial charge in [-0.25, -0.2) is 8.42 Å². The van der Waals surface area contributed by atoms with Gasteiger partial charge in [0.25, 0.3) is 10.0 Å². The monoisotopic (exact) mass is 568 g/mol. The third-order valence-corrected chi connectivity index (χ3v) is 8.90. The summed E-state index contributed by atoms with van der Waals surface area (Å²) >= 11 is 12.0. The van der Waals surface area contributed by atoms with Gasteiger partial charge in [0.15, 0.2) is 0 Å². The van der Waals surface area contributed by atoms with Crippen molar-refractivity contribution in [2.24, 2.45) is 0 Å². The number of anilines is 1. The molecular weight excluding hydrogens is 547 g/mol. The molecule has 1 aromatic heterocycles. The average Bonchev–Trinajstić information content (AvgIpc) is 3.29. The lowest BCUT2D eigenvalue weighted by atomic mass is 9.93. The number of hydrogen-bond acceptors (Lipinski definition) is 5. The molecule has 0 radical (unpaired) electrons. The molecule has 2 heterocycles. The van der Waals surface area contributed by atoms with E-state index in [9.17, 15) is 18.3 Å². The first-order valence-electron chi connectivity index (χ1n) is 11.7. The smallest absolute Gasteiger partial charge is 0.303 e. The van der Waals surface area contributed by atoms with Gasteiger partial charge in [-0.2, -0.15) is 0 Å². The van der Waals surface area contributed by atoms with Gasteiger partial charge in [-0.3, -0.25) is 14.1 Å². The van der Waals surface area contributed by atoms with Gasteiger partial charge in [-0.1, -0.05) is 35.3 Å². The maximum atomic E-state index is 13.7. The van der Waals surface area contributed by atoms with E-state index in [0.717, 1.165) is 16.7 Å². The molecule has 1 N–H and O–H groups in total. The molecule has 10 heteroatoms. The van der Waals surface area contributed by atoms with Gasteiger partial charge < -0.3 is 9.84 Å². The molecule has 38 heavy (non-hydrogen) atoms. The molecule has 0 aliphatic carbocycles. The fourth-order valence-electron chi connectivity index (χ4n) is 4.47. The van der Waals surface area contributed by atoms with E-state index >= 15 is 0 Å². The lowest BCUT2D eigenvalue weighted by Gasteiger charge is -2.20. The maximum absolute atomic E-state index is 13.7. The fourth-order valence-corrected chi connectivity index (χ4v) is 6.30. The minimum Gasteiger partial charge on any atom is -0.481 e. The van der Waals surface area contributed by atoms with Gasteiger partial charge in [-0.05, 0) is 77.7 Å². The summed E-state index contributed by atoms with van der Waals surface area (Å²) in [6.45, 7) is 0.156. The van der Waals surface area contributed by atoms with Crippen LogP contribution in [0.1, 0.15) is 24.3 Å². The Bertz CT molecular complexity index is 1600. The van der Waals surface area contributed by atoms with Crippen LogP contribution in [0.3, 0.4) is 0 Å². The number of halogens is 2. The second-order valence-corrected chi connectivity index (χ2v) is 11.5. The number of aliphatic carboxylic acids is 1. The second-order valence-electron chi connectivity index (χ2n) is 8.83. The molecule has 0 fully saturated rings. The quantitative estimate of drug-likeness (QED) is 0.245. The molecule has 0 amide bonds. The number of pyridine rings is 1. The van der Waals surface area contributed by atoms with Crippen molar-refractivity contribution in [3.05, 3.63) is 101 Å². The van der Waals surface area contributed by atoms with Crippen LogP contribution in [-0.4, -0.2) is 31.0 Å². The zero-order valence-electron chi connectivity index (χ0n) is 19.9. The Hall–Kier alpha value is -3.59. The van der Waals surface area contributed by atoms with Gasteiger partial charge in [0.05, 0.1) is 20.6 Å². The van der Waals surface area contributed by atoms with E-state index in [2.05, 4.69) is 4.98 Å². The van der Waals surface area contributed by atoms with Crippen molar-refractivity contribution in [3.8, 4) is 22.6 Å². The number of sulfonamides is 1. The van der Waals surface area contributed by atoms with Crippen molar-refractivity contribution in [3.63, 3.8) is 0 Å². The summed E-state index contributed by atoms with van der Waals surface area (Å²) in [5, 5.41) is 10.0. The minimum atomic E-state index is -3.92. The number of ether oxygens (including phenoxy) is 1. The number of carboxylic acid groups (broad SMARTS) is 1. The first-order valence-corrected chi connectivity index (χ1v) is 13.9. The zero-order valence-corrected chi connectivity index (χ0v) is 22.2. The van der Waals surface area contributed by atoms with Crippen LogP contribution in [0, 0.1) is 0 Å². The lowest BCUT2D eigenvalue weighted by Crippen LogP contribution is -2.30. The van der Waals surface area contributed by atoms with Crippen LogP contribution < -0.4 is 9.04 Å². The highest BCUT2D eigenvalue weighted by Crippen LogP contribution is 2.43. The maximum Gasteiger partial charge on any atom is 0.303 e. The summed E-state index contributed by atoms with van der Waals surface area (Å²) in [6, 6.07) is 20.3. The molecule has 1 aliphatic heterocycles. The fraction of sp³-hybridized carbons (Fsp3) is 0.143. The van der Waals surface area contributed by atoms with Crippen molar-refractivity contribution in [1.82, 2.24) is 4.98 Å². The van der Waals surface area contributed by atoms with Crippen molar-refractivity contribution < 1.29 is 23.1 Å². The first kappa shape index (κ1) is 26.0. The largest absolute Gasteiger partial charge is 0.481 e. The third-order valence-electron chi connectivity index (χ3n) is 6.36. The van der Waals surface area contributed by atoms with Crippen LogP contribution in [0.4, 0.5) is 5.69 Å². The number of hydrogen-bond donors (Lipinski definition) is 1. The van der Waals surface area contributed by atoms with Gasteiger partial charge in [-0.15, -0.1) is 0 Å². The summed E-state index contributed by atoms with van der Waals surface area (Å²) in [5.41, 5.74) is 3.13. The van der Waals surface area contributed by atoms with E-state index in [4.69, 9.17) is 27.9 Å². The number of benzene rings is 3. The van der Waals surface area contributed by atoms with E-state index in [1.54, 1.807) is 48.8 Å². The highest BCUT2D eigenvalue weighted by Gasteiger charge is 2.37. The van der Waals surface area contributed by atoms with Crippen LogP contribution in [0.5, 0.6) is 11.5 Å². The molecule has 1 unspecified atom stereocenters. The SMILES string of the molecule is O=C(O)CCC1CN(S(=O)(=O)c2ccc(Oc3ccc(Cl)c(Cl)c3)cc2)c2ccc(-c3cccnc3)cc21. The van der Waals surface area contributed by atoms with Crippen molar-refractivity contribution >= 4 is 44.9 Å². The van der Waals surface area contributed by atoms with Gasteiger partial charge in [0, 0.05) is 37.3 Å². The van der Waals surface area contributed by atoms with Crippen LogP contribution in [-0.2, 0) is 14.8 Å². The lowest BCUT2D eigenvalue weighted by molar-refractivity contribution is -0.137. The normalized spacial score (nSPS) is 14.8. The average molecular weight is 569 g/mol. The second kappa shape index (κ2) is 10.6. The Labute approximate surface area is 230 Å². The molecule has 0 spiro atoms. The number of carboxylic acids is 1. The molecule has 4 aromatic rings.